The molecule has 0 radical (unpaired) electrons. The van der Waals surface area contributed by atoms with Crippen molar-refractivity contribution in [1.29, 1.82) is 0 Å². The summed E-state index contributed by atoms with van der Waals surface area (Å²) in [6.07, 6.45) is 5.05. The fourth-order valence-electron chi connectivity index (χ4n) is 3.53. The molecule has 1 N–H and O–H groups in total. The predicted octanol–water partition coefficient (Wildman–Crippen LogP) is 4.75. The number of halogens is 1. The van der Waals surface area contributed by atoms with E-state index in [1.54, 1.807) is 6.07 Å². The lowest BCUT2D eigenvalue weighted by Crippen LogP contribution is -2.52. The average molecular weight is 320 g/mol. The molecule has 2 aliphatic rings. The standard InChI is InChI=1S/C18H25FN2S/c1-13-8-10-18(11-9-13)17(2,3)21-16(22-18)20-12-14-6-4-5-7-15(14)19/h4-7,13H,8-12H2,1-3H3,(H,20,21). The van der Waals surface area contributed by atoms with Crippen molar-refractivity contribution in [2.45, 2.75) is 63.3 Å². The van der Waals surface area contributed by atoms with Crippen molar-refractivity contribution >= 4 is 16.9 Å². The number of nitrogens with zero attached hydrogens (tertiary/aromatic N) is 1. The van der Waals surface area contributed by atoms with Crippen LogP contribution in [0.4, 0.5) is 4.39 Å². The van der Waals surface area contributed by atoms with Crippen molar-refractivity contribution in [2.24, 2.45) is 10.9 Å². The van der Waals surface area contributed by atoms with E-state index in [1.165, 1.54) is 31.7 Å². The molecule has 1 aromatic rings. The van der Waals surface area contributed by atoms with E-state index in [0.717, 1.165) is 11.1 Å². The van der Waals surface area contributed by atoms with Crippen molar-refractivity contribution in [1.82, 2.24) is 5.32 Å². The summed E-state index contributed by atoms with van der Waals surface area (Å²) in [5.41, 5.74) is 0.708. The number of nitrogens with one attached hydrogen (secondary N) is 1. The van der Waals surface area contributed by atoms with E-state index in [4.69, 9.17) is 0 Å². The van der Waals surface area contributed by atoms with Crippen molar-refractivity contribution in [3.05, 3.63) is 35.6 Å². The zero-order chi connectivity index (χ0) is 15.8. The Kier molecular flexibility index (Phi) is 4.23. The molecule has 1 saturated heterocycles. The van der Waals surface area contributed by atoms with Crippen LogP contribution in [-0.4, -0.2) is 15.5 Å². The van der Waals surface area contributed by atoms with Gasteiger partial charge in [0, 0.05) is 15.8 Å². The maximum atomic E-state index is 13.7. The summed E-state index contributed by atoms with van der Waals surface area (Å²) in [5, 5.41) is 4.56. The summed E-state index contributed by atoms with van der Waals surface area (Å²) in [6, 6.07) is 6.89. The molecular weight excluding hydrogens is 295 g/mol. The molecule has 0 bridgehead atoms. The Bertz CT molecular complexity index is 574. The van der Waals surface area contributed by atoms with Crippen LogP contribution in [0, 0.1) is 11.7 Å². The van der Waals surface area contributed by atoms with Crippen molar-refractivity contribution in [3.63, 3.8) is 0 Å². The maximum absolute atomic E-state index is 13.7. The Labute approximate surface area is 137 Å². The first-order valence-corrected chi connectivity index (χ1v) is 8.99. The third kappa shape index (κ3) is 2.90. The smallest absolute Gasteiger partial charge is 0.157 e. The van der Waals surface area contributed by atoms with Gasteiger partial charge in [0.1, 0.15) is 5.82 Å². The molecule has 0 unspecified atom stereocenters. The molecule has 4 heteroatoms. The number of hydrogen-bond acceptors (Lipinski definition) is 2. The highest BCUT2D eigenvalue weighted by atomic mass is 32.2. The molecule has 120 valence electrons. The van der Waals surface area contributed by atoms with Crippen molar-refractivity contribution < 1.29 is 4.39 Å². The van der Waals surface area contributed by atoms with Gasteiger partial charge in [0.05, 0.1) is 6.54 Å². The number of thioether (sulfide) groups is 1. The highest BCUT2D eigenvalue weighted by Crippen LogP contribution is 2.52. The molecule has 1 spiro atoms. The fourth-order valence-corrected chi connectivity index (χ4v) is 5.08. The molecule has 22 heavy (non-hydrogen) atoms. The molecule has 3 rings (SSSR count). The normalized spacial score (nSPS) is 32.4. The van der Waals surface area contributed by atoms with Gasteiger partial charge in [-0.05, 0) is 51.5 Å². The lowest BCUT2D eigenvalue weighted by atomic mass is 9.73. The summed E-state index contributed by atoms with van der Waals surface area (Å²) in [4.78, 5) is 4.65. The highest BCUT2D eigenvalue weighted by Gasteiger charge is 2.53. The lowest BCUT2D eigenvalue weighted by molar-refractivity contribution is 0.231. The van der Waals surface area contributed by atoms with E-state index in [9.17, 15) is 4.39 Å². The van der Waals surface area contributed by atoms with Crippen molar-refractivity contribution in [3.8, 4) is 0 Å². The van der Waals surface area contributed by atoms with Gasteiger partial charge < -0.3 is 5.32 Å². The van der Waals surface area contributed by atoms with Crippen LogP contribution in [0.3, 0.4) is 0 Å². The number of amidine groups is 1. The Morgan fingerprint density at radius 1 is 1.27 bits per heavy atom. The van der Waals surface area contributed by atoms with E-state index in [0.29, 0.717) is 12.1 Å². The second-order valence-electron chi connectivity index (χ2n) is 7.24. The molecule has 1 aliphatic carbocycles. The molecular formula is C18H25FN2S. The third-order valence-electron chi connectivity index (χ3n) is 5.28. The van der Waals surface area contributed by atoms with E-state index in [2.05, 4.69) is 31.1 Å². The molecule has 2 nitrogen and oxygen atoms in total. The lowest BCUT2D eigenvalue weighted by Gasteiger charge is -2.43. The number of hydrogen-bond donors (Lipinski definition) is 1. The van der Waals surface area contributed by atoms with Gasteiger partial charge in [-0.2, -0.15) is 0 Å². The second kappa shape index (κ2) is 5.88. The topological polar surface area (TPSA) is 24.4 Å². The first kappa shape index (κ1) is 15.9. The third-order valence-corrected chi connectivity index (χ3v) is 7.02. The number of rotatable bonds is 2. The van der Waals surface area contributed by atoms with Gasteiger partial charge in [-0.3, -0.25) is 4.99 Å². The van der Waals surface area contributed by atoms with E-state index >= 15 is 0 Å². The zero-order valence-corrected chi connectivity index (χ0v) is 14.5. The first-order valence-electron chi connectivity index (χ1n) is 8.17. The minimum Gasteiger partial charge on any atom is -0.359 e. The Morgan fingerprint density at radius 3 is 2.64 bits per heavy atom. The predicted molar refractivity (Wildman–Crippen MR) is 92.7 cm³/mol. The Morgan fingerprint density at radius 2 is 1.95 bits per heavy atom. The van der Waals surface area contributed by atoms with Crippen molar-refractivity contribution in [2.75, 3.05) is 0 Å². The molecule has 0 amide bonds. The average Bonchev–Trinajstić information content (AvgIpc) is 2.72. The summed E-state index contributed by atoms with van der Waals surface area (Å²) in [7, 11) is 0. The van der Waals surface area contributed by atoms with Crippen LogP contribution in [0.25, 0.3) is 0 Å². The number of aliphatic imine (C=N–C) groups is 1. The van der Waals surface area contributed by atoms with Gasteiger partial charge in [-0.15, -0.1) is 0 Å². The van der Waals surface area contributed by atoms with E-state index < -0.39 is 0 Å². The summed E-state index contributed by atoms with van der Waals surface area (Å²) < 4.78 is 14.0. The molecule has 1 aromatic carbocycles. The maximum Gasteiger partial charge on any atom is 0.157 e. The van der Waals surface area contributed by atoms with Crippen LogP contribution in [-0.2, 0) is 6.54 Å². The molecule has 0 aromatic heterocycles. The molecule has 1 saturated carbocycles. The zero-order valence-electron chi connectivity index (χ0n) is 13.7. The van der Waals surface area contributed by atoms with E-state index in [1.807, 2.05) is 23.9 Å². The largest absolute Gasteiger partial charge is 0.359 e. The van der Waals surface area contributed by atoms with Crippen LogP contribution in [0.1, 0.15) is 52.0 Å². The van der Waals surface area contributed by atoms with Crippen LogP contribution in [0.2, 0.25) is 0 Å². The van der Waals surface area contributed by atoms with Gasteiger partial charge in [0.25, 0.3) is 0 Å². The second-order valence-corrected chi connectivity index (χ2v) is 8.61. The molecule has 1 aliphatic heterocycles. The van der Waals surface area contributed by atoms with Crippen LogP contribution < -0.4 is 5.32 Å². The summed E-state index contributed by atoms with van der Waals surface area (Å²) in [6.45, 7) is 7.31. The van der Waals surface area contributed by atoms with Gasteiger partial charge in [0.15, 0.2) is 5.17 Å². The minimum atomic E-state index is -0.171. The molecule has 2 fully saturated rings. The van der Waals surface area contributed by atoms with Crippen LogP contribution >= 0.6 is 11.8 Å². The van der Waals surface area contributed by atoms with Gasteiger partial charge >= 0.3 is 0 Å². The van der Waals surface area contributed by atoms with Crippen LogP contribution in [0.5, 0.6) is 0 Å². The van der Waals surface area contributed by atoms with E-state index in [-0.39, 0.29) is 16.1 Å². The van der Waals surface area contributed by atoms with Crippen LogP contribution in [0.15, 0.2) is 29.3 Å². The minimum absolute atomic E-state index is 0.0475. The summed E-state index contributed by atoms with van der Waals surface area (Å²) >= 11 is 1.88. The van der Waals surface area contributed by atoms with Gasteiger partial charge in [-0.25, -0.2) is 4.39 Å². The Hall–Kier alpha value is -1.03. The quantitative estimate of drug-likeness (QED) is 0.850. The first-order chi connectivity index (χ1) is 10.4. The molecule has 0 atom stereocenters. The summed E-state index contributed by atoms with van der Waals surface area (Å²) in [5.74, 6) is 0.664. The SMILES string of the molecule is CC1CCC2(CC1)SC(=NCc1ccccc1F)NC2(C)C. The Balaban J connectivity index is 1.75. The molecule has 1 heterocycles. The monoisotopic (exact) mass is 320 g/mol. The van der Waals surface area contributed by atoms with Gasteiger partial charge in [-0.1, -0.05) is 36.9 Å². The highest BCUT2D eigenvalue weighted by molar-refractivity contribution is 8.15. The number of benzene rings is 1. The fraction of sp³-hybridized carbons (Fsp3) is 0.611. The van der Waals surface area contributed by atoms with Gasteiger partial charge in [0.2, 0.25) is 0 Å².